The van der Waals surface area contributed by atoms with E-state index in [0.717, 1.165) is 19.0 Å². The van der Waals surface area contributed by atoms with Crippen LogP contribution in [0.15, 0.2) is 18.2 Å². The summed E-state index contributed by atoms with van der Waals surface area (Å²) in [6.07, 6.45) is 0.631. The van der Waals surface area contributed by atoms with E-state index < -0.39 is 11.6 Å². The van der Waals surface area contributed by atoms with Crippen molar-refractivity contribution in [2.24, 2.45) is 5.73 Å². The predicted molar refractivity (Wildman–Crippen MR) is 60.9 cm³/mol. The third-order valence-electron chi connectivity index (χ3n) is 2.08. The summed E-state index contributed by atoms with van der Waals surface area (Å²) in [5.41, 5.74) is 4.85. The van der Waals surface area contributed by atoms with Crippen LogP contribution in [0, 0.1) is 11.6 Å². The second-order valence-electron chi connectivity index (χ2n) is 3.59. The van der Waals surface area contributed by atoms with Gasteiger partial charge in [-0.25, -0.2) is 8.78 Å². The molecule has 0 spiro atoms. The second-order valence-corrected chi connectivity index (χ2v) is 3.59. The van der Waals surface area contributed by atoms with E-state index in [1.165, 1.54) is 12.1 Å². The Hall–Kier alpha value is -1.20. The highest BCUT2D eigenvalue weighted by Crippen LogP contribution is 2.21. The number of ether oxygens (including phenoxy) is 2. The molecule has 1 fully saturated rings. The number of hydrogen-bond donors (Lipinski definition) is 1. The smallest absolute Gasteiger partial charge is 0.167 e. The van der Waals surface area contributed by atoms with Crippen molar-refractivity contribution in [2.45, 2.75) is 19.4 Å². The lowest BCUT2D eigenvalue weighted by atomic mass is 10.3. The quantitative estimate of drug-likeness (QED) is 0.867. The van der Waals surface area contributed by atoms with Crippen molar-refractivity contribution in [1.82, 2.24) is 0 Å². The molecule has 1 aliphatic heterocycles. The van der Waals surface area contributed by atoms with Gasteiger partial charge in [0.15, 0.2) is 11.6 Å². The van der Waals surface area contributed by atoms with Gasteiger partial charge >= 0.3 is 0 Å². The van der Waals surface area contributed by atoms with Crippen LogP contribution in [-0.4, -0.2) is 25.9 Å². The molecule has 5 heteroatoms. The van der Waals surface area contributed by atoms with Crippen molar-refractivity contribution in [3.63, 3.8) is 0 Å². The van der Waals surface area contributed by atoms with Crippen molar-refractivity contribution in [1.29, 1.82) is 0 Å². The molecule has 1 aliphatic rings. The molecule has 0 saturated carbocycles. The average Bonchev–Trinajstić information content (AvgIpc) is 2.76. The van der Waals surface area contributed by atoms with Gasteiger partial charge in [-0.2, -0.15) is 0 Å². The Balaban J connectivity index is 0.000000437. The van der Waals surface area contributed by atoms with E-state index in [1.807, 2.05) is 6.92 Å². The van der Waals surface area contributed by atoms with E-state index >= 15 is 0 Å². The summed E-state index contributed by atoms with van der Waals surface area (Å²) >= 11 is 0. The Morgan fingerprint density at radius 2 is 2.18 bits per heavy atom. The zero-order chi connectivity index (χ0) is 12.7. The summed E-state index contributed by atoms with van der Waals surface area (Å²) in [7, 11) is 0. The summed E-state index contributed by atoms with van der Waals surface area (Å²) < 4.78 is 36.0. The molecule has 17 heavy (non-hydrogen) atoms. The topological polar surface area (TPSA) is 44.5 Å². The van der Waals surface area contributed by atoms with Gasteiger partial charge in [0.2, 0.25) is 0 Å². The molecule has 1 aromatic carbocycles. The lowest BCUT2D eigenvalue weighted by molar-refractivity contribution is 0.138. The van der Waals surface area contributed by atoms with E-state index in [9.17, 15) is 8.78 Å². The van der Waals surface area contributed by atoms with Crippen molar-refractivity contribution >= 4 is 0 Å². The summed E-state index contributed by atoms with van der Waals surface area (Å²) in [6, 6.07) is 3.28. The summed E-state index contributed by atoms with van der Waals surface area (Å²) in [6.45, 7) is 3.75. The first-order valence-electron chi connectivity index (χ1n) is 5.57. The van der Waals surface area contributed by atoms with E-state index in [4.69, 9.17) is 15.2 Å². The SMILES string of the molecule is CCN.Fc1ccc(OC2CCOC2)c(F)c1. The molecule has 0 aliphatic carbocycles. The first-order chi connectivity index (χ1) is 8.17. The van der Waals surface area contributed by atoms with E-state index in [-0.39, 0.29) is 11.9 Å². The van der Waals surface area contributed by atoms with Gasteiger partial charge < -0.3 is 15.2 Å². The molecule has 0 amide bonds. The Labute approximate surface area is 99.5 Å². The van der Waals surface area contributed by atoms with Crippen molar-refractivity contribution in [3.05, 3.63) is 29.8 Å². The molecular formula is C12H17F2NO2. The lowest BCUT2D eigenvalue weighted by Gasteiger charge is -2.11. The fourth-order valence-corrected chi connectivity index (χ4v) is 1.36. The number of rotatable bonds is 2. The minimum absolute atomic E-state index is 0.0851. The molecule has 1 aromatic rings. The summed E-state index contributed by atoms with van der Waals surface area (Å²) in [5, 5.41) is 0. The fraction of sp³-hybridized carbons (Fsp3) is 0.500. The van der Waals surface area contributed by atoms with Crippen LogP contribution in [0.3, 0.4) is 0 Å². The Morgan fingerprint density at radius 1 is 1.47 bits per heavy atom. The van der Waals surface area contributed by atoms with Gasteiger partial charge in [-0.05, 0) is 18.7 Å². The average molecular weight is 245 g/mol. The zero-order valence-electron chi connectivity index (χ0n) is 9.79. The maximum Gasteiger partial charge on any atom is 0.167 e. The maximum atomic E-state index is 13.1. The third-order valence-corrected chi connectivity index (χ3v) is 2.08. The number of nitrogens with two attached hydrogens (primary N) is 1. The van der Waals surface area contributed by atoms with Crippen LogP contribution >= 0.6 is 0 Å². The highest BCUT2D eigenvalue weighted by Gasteiger charge is 2.18. The van der Waals surface area contributed by atoms with Crippen molar-refractivity contribution in [2.75, 3.05) is 19.8 Å². The van der Waals surface area contributed by atoms with Gasteiger partial charge in [0.1, 0.15) is 11.9 Å². The molecule has 1 saturated heterocycles. The van der Waals surface area contributed by atoms with Crippen LogP contribution in [0.2, 0.25) is 0 Å². The number of halogens is 2. The zero-order valence-corrected chi connectivity index (χ0v) is 9.79. The van der Waals surface area contributed by atoms with Gasteiger partial charge in [0.25, 0.3) is 0 Å². The van der Waals surface area contributed by atoms with Gasteiger partial charge in [0.05, 0.1) is 13.2 Å². The molecule has 1 heterocycles. The largest absolute Gasteiger partial charge is 0.485 e. The predicted octanol–water partition coefficient (Wildman–Crippen LogP) is 2.10. The highest BCUT2D eigenvalue weighted by molar-refractivity contribution is 5.24. The van der Waals surface area contributed by atoms with Gasteiger partial charge in [-0.3, -0.25) is 0 Å². The van der Waals surface area contributed by atoms with Gasteiger partial charge in [0, 0.05) is 12.5 Å². The Morgan fingerprint density at radius 3 is 2.71 bits per heavy atom. The number of benzene rings is 1. The molecule has 1 unspecified atom stereocenters. The van der Waals surface area contributed by atoms with Gasteiger partial charge in [-0.1, -0.05) is 6.92 Å². The highest BCUT2D eigenvalue weighted by atomic mass is 19.1. The van der Waals surface area contributed by atoms with Crippen LogP contribution < -0.4 is 10.5 Å². The van der Waals surface area contributed by atoms with Crippen molar-refractivity contribution < 1.29 is 18.3 Å². The molecule has 1 atom stereocenters. The summed E-state index contributed by atoms with van der Waals surface area (Å²) in [4.78, 5) is 0. The van der Waals surface area contributed by atoms with Crippen LogP contribution in [0.25, 0.3) is 0 Å². The summed E-state index contributed by atoms with van der Waals surface area (Å²) in [5.74, 6) is -1.18. The monoisotopic (exact) mass is 245 g/mol. The molecule has 2 rings (SSSR count). The molecule has 0 radical (unpaired) electrons. The second kappa shape index (κ2) is 7.19. The Bertz CT molecular complexity index is 341. The van der Waals surface area contributed by atoms with Crippen LogP contribution in [0.4, 0.5) is 8.78 Å². The molecule has 0 aromatic heterocycles. The number of hydrogen-bond acceptors (Lipinski definition) is 3. The molecule has 2 N–H and O–H groups in total. The first-order valence-corrected chi connectivity index (χ1v) is 5.57. The van der Waals surface area contributed by atoms with E-state index in [1.54, 1.807) is 0 Å². The minimum Gasteiger partial charge on any atom is -0.485 e. The van der Waals surface area contributed by atoms with Crippen LogP contribution in [0.5, 0.6) is 5.75 Å². The first kappa shape index (κ1) is 13.9. The van der Waals surface area contributed by atoms with Gasteiger partial charge in [-0.15, -0.1) is 0 Å². The lowest BCUT2D eigenvalue weighted by Crippen LogP contribution is -2.16. The molecule has 96 valence electrons. The van der Waals surface area contributed by atoms with E-state index in [2.05, 4.69) is 0 Å². The minimum atomic E-state index is -0.670. The van der Waals surface area contributed by atoms with E-state index in [0.29, 0.717) is 13.2 Å². The molecule has 0 bridgehead atoms. The fourth-order valence-electron chi connectivity index (χ4n) is 1.36. The molecular weight excluding hydrogens is 228 g/mol. The standard InChI is InChI=1S/C10H10F2O2.C2H7N/c11-7-1-2-10(9(12)5-7)14-8-3-4-13-6-8;1-2-3/h1-2,5,8H,3-4,6H2;2-3H2,1H3. The van der Waals surface area contributed by atoms with Crippen LogP contribution in [0.1, 0.15) is 13.3 Å². The van der Waals surface area contributed by atoms with Crippen LogP contribution in [-0.2, 0) is 4.74 Å². The third kappa shape index (κ3) is 4.66. The normalized spacial score (nSPS) is 18.5. The van der Waals surface area contributed by atoms with Crippen molar-refractivity contribution in [3.8, 4) is 5.75 Å². The maximum absolute atomic E-state index is 13.1. The molecule has 3 nitrogen and oxygen atoms in total. The Kier molecular flexibility index (Phi) is 5.86.